The molecule has 2 aromatic carbocycles. The monoisotopic (exact) mass is 328 g/mol. The molecule has 0 heterocycles. The molecule has 0 aromatic heterocycles. The van der Waals surface area contributed by atoms with Crippen molar-refractivity contribution >= 4 is 11.9 Å². The Balaban J connectivity index is 2.08. The summed E-state index contributed by atoms with van der Waals surface area (Å²) in [6, 6.07) is 13.2. The normalized spacial score (nSPS) is 10.1. The van der Waals surface area contributed by atoms with Crippen molar-refractivity contribution in [3.63, 3.8) is 0 Å². The van der Waals surface area contributed by atoms with E-state index in [1.165, 1.54) is 0 Å². The van der Waals surface area contributed by atoms with Gasteiger partial charge < -0.3 is 14.2 Å². The Bertz CT molecular complexity index is 691. The Hall–Kier alpha value is -2.82. The second-order valence-electron chi connectivity index (χ2n) is 4.98. The molecule has 0 radical (unpaired) electrons. The average Bonchev–Trinajstić information content (AvgIpc) is 2.61. The van der Waals surface area contributed by atoms with E-state index in [0.717, 1.165) is 6.42 Å². The second kappa shape index (κ2) is 8.72. The van der Waals surface area contributed by atoms with Crippen molar-refractivity contribution in [2.45, 2.75) is 20.3 Å². The molecule has 126 valence electrons. The zero-order valence-corrected chi connectivity index (χ0v) is 13.8. The van der Waals surface area contributed by atoms with E-state index in [1.807, 2.05) is 6.92 Å². The van der Waals surface area contributed by atoms with E-state index < -0.39 is 11.9 Å². The summed E-state index contributed by atoms with van der Waals surface area (Å²) in [7, 11) is 0. The van der Waals surface area contributed by atoms with E-state index in [4.69, 9.17) is 14.2 Å². The number of hydrogen-bond donors (Lipinski definition) is 0. The first-order valence-electron chi connectivity index (χ1n) is 7.87. The first-order chi connectivity index (χ1) is 11.7. The number of hydrogen-bond acceptors (Lipinski definition) is 5. The van der Waals surface area contributed by atoms with Crippen LogP contribution < -0.4 is 9.47 Å². The molecule has 0 saturated carbocycles. The third kappa shape index (κ3) is 4.59. The summed E-state index contributed by atoms with van der Waals surface area (Å²) >= 11 is 0. The highest BCUT2D eigenvalue weighted by atomic mass is 16.5. The van der Waals surface area contributed by atoms with Crippen molar-refractivity contribution in [1.82, 2.24) is 0 Å². The van der Waals surface area contributed by atoms with Crippen LogP contribution in [0.4, 0.5) is 0 Å². The summed E-state index contributed by atoms with van der Waals surface area (Å²) in [6.07, 6.45) is 0.846. The molecule has 0 aliphatic rings. The predicted octanol–water partition coefficient (Wildman–Crippen LogP) is 3.87. The molecule has 0 aliphatic heterocycles. The molecule has 0 spiro atoms. The third-order valence-electron chi connectivity index (χ3n) is 3.14. The van der Waals surface area contributed by atoms with E-state index in [1.54, 1.807) is 55.5 Å². The molecule has 5 nitrogen and oxygen atoms in total. The molecular weight excluding hydrogens is 308 g/mol. The van der Waals surface area contributed by atoms with Crippen LogP contribution in [0.15, 0.2) is 48.5 Å². The van der Waals surface area contributed by atoms with Crippen molar-refractivity contribution in [3.8, 4) is 11.5 Å². The van der Waals surface area contributed by atoms with E-state index >= 15 is 0 Å². The number of esters is 2. The van der Waals surface area contributed by atoms with Gasteiger partial charge in [-0.1, -0.05) is 19.1 Å². The number of ether oxygens (including phenoxy) is 3. The van der Waals surface area contributed by atoms with Crippen LogP contribution in [0.1, 0.15) is 41.0 Å². The largest absolute Gasteiger partial charge is 0.493 e. The van der Waals surface area contributed by atoms with Gasteiger partial charge in [-0.25, -0.2) is 9.59 Å². The summed E-state index contributed by atoms with van der Waals surface area (Å²) in [5.74, 6) is -0.0786. The molecule has 0 atom stereocenters. The molecule has 0 bridgehead atoms. The molecular formula is C19H20O5. The first-order valence-corrected chi connectivity index (χ1v) is 7.87. The lowest BCUT2D eigenvalue weighted by Crippen LogP contribution is -2.11. The van der Waals surface area contributed by atoms with E-state index in [9.17, 15) is 9.59 Å². The minimum atomic E-state index is -0.509. The molecule has 0 aliphatic carbocycles. The van der Waals surface area contributed by atoms with Crippen LogP contribution in [-0.4, -0.2) is 25.2 Å². The van der Waals surface area contributed by atoms with E-state index in [-0.39, 0.29) is 0 Å². The van der Waals surface area contributed by atoms with Gasteiger partial charge in [-0.3, -0.25) is 0 Å². The van der Waals surface area contributed by atoms with Crippen molar-refractivity contribution in [1.29, 1.82) is 0 Å². The fraction of sp³-hybridized carbons (Fsp3) is 0.263. The number of carbonyl (C=O) groups excluding carboxylic acids is 2. The molecule has 0 amide bonds. The minimum absolute atomic E-state index is 0.310. The number of carbonyl (C=O) groups is 2. The van der Waals surface area contributed by atoms with Crippen molar-refractivity contribution < 1.29 is 23.8 Å². The van der Waals surface area contributed by atoms with Gasteiger partial charge in [-0.15, -0.1) is 0 Å². The van der Waals surface area contributed by atoms with Gasteiger partial charge in [0.05, 0.1) is 18.8 Å². The molecule has 0 fully saturated rings. The Morgan fingerprint density at radius 3 is 2.29 bits per heavy atom. The van der Waals surface area contributed by atoms with Crippen LogP contribution in [0.3, 0.4) is 0 Å². The summed E-state index contributed by atoms with van der Waals surface area (Å²) < 4.78 is 15.8. The van der Waals surface area contributed by atoms with Crippen molar-refractivity contribution in [2.75, 3.05) is 13.2 Å². The quantitative estimate of drug-likeness (QED) is 0.570. The van der Waals surface area contributed by atoms with Crippen LogP contribution in [0.5, 0.6) is 11.5 Å². The number of para-hydroxylation sites is 1. The predicted molar refractivity (Wildman–Crippen MR) is 89.6 cm³/mol. The zero-order chi connectivity index (χ0) is 17.4. The molecule has 0 unspecified atom stereocenters. The van der Waals surface area contributed by atoms with Crippen LogP contribution >= 0.6 is 0 Å². The molecule has 24 heavy (non-hydrogen) atoms. The van der Waals surface area contributed by atoms with Gasteiger partial charge in [0, 0.05) is 0 Å². The molecule has 0 saturated heterocycles. The molecule has 2 aromatic rings. The minimum Gasteiger partial charge on any atom is -0.493 e. The molecule has 5 heteroatoms. The van der Waals surface area contributed by atoms with Crippen molar-refractivity contribution in [3.05, 3.63) is 59.7 Å². The summed E-state index contributed by atoms with van der Waals surface area (Å²) in [5, 5.41) is 0. The summed E-state index contributed by atoms with van der Waals surface area (Å²) in [6.45, 7) is 4.57. The topological polar surface area (TPSA) is 61.8 Å². The third-order valence-corrected chi connectivity index (χ3v) is 3.14. The Kier molecular flexibility index (Phi) is 6.37. The maximum Gasteiger partial charge on any atom is 0.347 e. The maximum atomic E-state index is 12.3. The van der Waals surface area contributed by atoms with Gasteiger partial charge in [0.2, 0.25) is 0 Å². The lowest BCUT2D eigenvalue weighted by Gasteiger charge is -2.10. The van der Waals surface area contributed by atoms with Crippen LogP contribution in [0, 0.1) is 0 Å². The SMILES string of the molecule is CCCOc1ccccc1C(=O)Oc1ccc(C(=O)OCC)cc1. The molecule has 0 N–H and O–H groups in total. The van der Waals surface area contributed by atoms with Gasteiger partial charge >= 0.3 is 11.9 Å². The van der Waals surface area contributed by atoms with Gasteiger partial charge in [0.25, 0.3) is 0 Å². The van der Waals surface area contributed by atoms with Crippen LogP contribution in [0.2, 0.25) is 0 Å². The molecule has 2 rings (SSSR count). The lowest BCUT2D eigenvalue weighted by molar-refractivity contribution is 0.0526. The summed E-state index contributed by atoms with van der Waals surface area (Å²) in [4.78, 5) is 23.9. The van der Waals surface area contributed by atoms with E-state index in [0.29, 0.717) is 35.8 Å². The number of rotatable bonds is 7. The summed E-state index contributed by atoms with van der Waals surface area (Å²) in [5.41, 5.74) is 0.767. The fourth-order valence-corrected chi connectivity index (χ4v) is 2.01. The van der Waals surface area contributed by atoms with Gasteiger partial charge in [0.1, 0.15) is 17.1 Å². The lowest BCUT2D eigenvalue weighted by atomic mass is 10.2. The Labute approximate surface area is 141 Å². The Morgan fingerprint density at radius 2 is 1.62 bits per heavy atom. The van der Waals surface area contributed by atoms with Gasteiger partial charge in [-0.2, -0.15) is 0 Å². The number of benzene rings is 2. The highest BCUT2D eigenvalue weighted by Gasteiger charge is 2.15. The van der Waals surface area contributed by atoms with Gasteiger partial charge in [-0.05, 0) is 49.7 Å². The maximum absolute atomic E-state index is 12.3. The van der Waals surface area contributed by atoms with Crippen LogP contribution in [-0.2, 0) is 4.74 Å². The second-order valence-corrected chi connectivity index (χ2v) is 4.98. The Morgan fingerprint density at radius 1 is 0.917 bits per heavy atom. The fourth-order valence-electron chi connectivity index (χ4n) is 2.01. The smallest absolute Gasteiger partial charge is 0.347 e. The van der Waals surface area contributed by atoms with Gasteiger partial charge in [0.15, 0.2) is 0 Å². The first kappa shape index (κ1) is 17.5. The highest BCUT2D eigenvalue weighted by molar-refractivity contribution is 5.94. The standard InChI is InChI=1S/C19H20O5/c1-3-13-23-17-8-6-5-7-16(17)19(21)24-15-11-9-14(10-12-15)18(20)22-4-2/h5-12H,3-4,13H2,1-2H3. The zero-order valence-electron chi connectivity index (χ0n) is 13.8. The van der Waals surface area contributed by atoms with E-state index in [2.05, 4.69) is 0 Å². The van der Waals surface area contributed by atoms with Crippen molar-refractivity contribution in [2.24, 2.45) is 0 Å². The highest BCUT2D eigenvalue weighted by Crippen LogP contribution is 2.21. The van der Waals surface area contributed by atoms with Crippen LogP contribution in [0.25, 0.3) is 0 Å². The average molecular weight is 328 g/mol.